The fraction of sp³-hybridized carbons (Fsp3) is 0.917. The predicted octanol–water partition coefficient (Wildman–Crippen LogP) is 1.88. The van der Waals surface area contributed by atoms with Crippen LogP contribution < -0.4 is 5.73 Å². The van der Waals surface area contributed by atoms with Crippen LogP contribution in [0.4, 0.5) is 0 Å². The third kappa shape index (κ3) is 5.15. The van der Waals surface area contributed by atoms with Crippen molar-refractivity contribution in [2.45, 2.75) is 51.0 Å². The minimum absolute atomic E-state index is 0.633. The first kappa shape index (κ1) is 12.5. The monoisotopic (exact) mass is 209 g/mol. The maximum Gasteiger partial charge on any atom is 0.101 e. The third-order valence-corrected chi connectivity index (χ3v) is 3.12. The summed E-state index contributed by atoms with van der Waals surface area (Å²) < 4.78 is 0. The van der Waals surface area contributed by atoms with Crippen LogP contribution in [0.1, 0.15) is 45.4 Å². The van der Waals surface area contributed by atoms with Crippen LogP contribution in [0.15, 0.2) is 0 Å². The molecule has 0 amide bonds. The molecule has 0 aromatic rings. The SMILES string of the molecule is CC(N)(C#N)CCCN1CCCCCC1. The van der Waals surface area contributed by atoms with Gasteiger partial charge in [-0.15, -0.1) is 0 Å². The fourth-order valence-corrected chi connectivity index (χ4v) is 2.09. The second kappa shape index (κ2) is 6.09. The molecule has 0 aromatic carbocycles. The molecule has 1 fully saturated rings. The molecule has 2 N–H and O–H groups in total. The highest BCUT2D eigenvalue weighted by Gasteiger charge is 2.17. The Hall–Kier alpha value is -0.590. The second-order valence-corrected chi connectivity index (χ2v) is 4.89. The van der Waals surface area contributed by atoms with E-state index in [0.29, 0.717) is 0 Å². The topological polar surface area (TPSA) is 53.1 Å². The zero-order valence-corrected chi connectivity index (χ0v) is 9.84. The van der Waals surface area contributed by atoms with Crippen LogP contribution in [0, 0.1) is 11.3 Å². The second-order valence-electron chi connectivity index (χ2n) is 4.89. The molecule has 1 heterocycles. The van der Waals surface area contributed by atoms with E-state index in [4.69, 9.17) is 11.0 Å². The average Bonchev–Trinajstić information content (AvgIpc) is 2.46. The molecule has 15 heavy (non-hydrogen) atoms. The van der Waals surface area contributed by atoms with Gasteiger partial charge in [0, 0.05) is 0 Å². The molecular weight excluding hydrogens is 186 g/mol. The van der Waals surface area contributed by atoms with Crippen molar-refractivity contribution in [1.29, 1.82) is 5.26 Å². The van der Waals surface area contributed by atoms with Crippen molar-refractivity contribution in [1.82, 2.24) is 4.90 Å². The molecule has 1 aliphatic rings. The van der Waals surface area contributed by atoms with E-state index >= 15 is 0 Å². The van der Waals surface area contributed by atoms with Crippen molar-refractivity contribution < 1.29 is 0 Å². The summed E-state index contributed by atoms with van der Waals surface area (Å²) in [6.07, 6.45) is 7.27. The number of hydrogen-bond acceptors (Lipinski definition) is 3. The molecule has 3 nitrogen and oxygen atoms in total. The van der Waals surface area contributed by atoms with Gasteiger partial charge < -0.3 is 10.6 Å². The van der Waals surface area contributed by atoms with Crippen molar-refractivity contribution >= 4 is 0 Å². The van der Waals surface area contributed by atoms with Crippen LogP contribution in [-0.4, -0.2) is 30.1 Å². The average molecular weight is 209 g/mol. The first-order valence-electron chi connectivity index (χ1n) is 6.06. The lowest BCUT2D eigenvalue weighted by atomic mass is 9.99. The van der Waals surface area contributed by atoms with Crippen LogP contribution >= 0.6 is 0 Å². The predicted molar refractivity (Wildman–Crippen MR) is 62.3 cm³/mol. The lowest BCUT2D eigenvalue weighted by molar-refractivity contribution is 0.272. The molecule has 1 aliphatic heterocycles. The van der Waals surface area contributed by atoms with Crippen LogP contribution in [0.25, 0.3) is 0 Å². The normalized spacial score (nSPS) is 22.7. The van der Waals surface area contributed by atoms with Gasteiger partial charge in [0.25, 0.3) is 0 Å². The molecule has 1 atom stereocenters. The van der Waals surface area contributed by atoms with Gasteiger partial charge in [-0.3, -0.25) is 0 Å². The van der Waals surface area contributed by atoms with Gasteiger partial charge in [0.1, 0.15) is 5.54 Å². The van der Waals surface area contributed by atoms with Gasteiger partial charge in [0.2, 0.25) is 0 Å². The molecule has 0 bridgehead atoms. The number of rotatable bonds is 4. The smallest absolute Gasteiger partial charge is 0.101 e. The standard InChI is InChI=1S/C12H23N3/c1-12(14,11-13)7-6-10-15-8-4-2-3-5-9-15/h2-10,14H2,1H3. The molecule has 1 unspecified atom stereocenters. The minimum atomic E-state index is -0.633. The minimum Gasteiger partial charge on any atom is -0.314 e. The molecular formula is C12H23N3. The maximum absolute atomic E-state index is 8.79. The molecule has 0 spiro atoms. The van der Waals surface area contributed by atoms with Gasteiger partial charge in [-0.1, -0.05) is 12.8 Å². The van der Waals surface area contributed by atoms with E-state index in [1.54, 1.807) is 0 Å². The molecule has 1 saturated heterocycles. The van der Waals surface area contributed by atoms with Gasteiger partial charge in [-0.05, 0) is 52.2 Å². The van der Waals surface area contributed by atoms with E-state index in [2.05, 4.69) is 11.0 Å². The van der Waals surface area contributed by atoms with Crippen molar-refractivity contribution in [2.24, 2.45) is 5.73 Å². The van der Waals surface area contributed by atoms with Crippen molar-refractivity contribution in [3.8, 4) is 6.07 Å². The molecule has 0 radical (unpaired) electrons. The van der Waals surface area contributed by atoms with Crippen molar-refractivity contribution in [3.63, 3.8) is 0 Å². The number of nitrogens with zero attached hydrogens (tertiary/aromatic N) is 2. The quantitative estimate of drug-likeness (QED) is 0.769. The molecule has 1 rings (SSSR count). The maximum atomic E-state index is 8.79. The van der Waals surface area contributed by atoms with E-state index in [1.807, 2.05) is 6.92 Å². The van der Waals surface area contributed by atoms with E-state index in [0.717, 1.165) is 19.4 Å². The highest BCUT2D eigenvalue weighted by molar-refractivity contribution is 5.00. The summed E-state index contributed by atoms with van der Waals surface area (Å²) in [5, 5.41) is 8.79. The zero-order chi connectivity index (χ0) is 11.1. The molecule has 0 saturated carbocycles. The largest absolute Gasteiger partial charge is 0.314 e. The number of nitriles is 1. The van der Waals surface area contributed by atoms with Gasteiger partial charge >= 0.3 is 0 Å². The van der Waals surface area contributed by atoms with E-state index in [-0.39, 0.29) is 0 Å². The molecule has 0 aliphatic carbocycles. The van der Waals surface area contributed by atoms with Crippen LogP contribution in [0.2, 0.25) is 0 Å². The fourth-order valence-electron chi connectivity index (χ4n) is 2.09. The summed E-state index contributed by atoms with van der Waals surface area (Å²) >= 11 is 0. The van der Waals surface area contributed by atoms with Gasteiger partial charge in [-0.2, -0.15) is 5.26 Å². The van der Waals surface area contributed by atoms with Crippen LogP contribution in [-0.2, 0) is 0 Å². The van der Waals surface area contributed by atoms with E-state index in [1.165, 1.54) is 38.8 Å². The van der Waals surface area contributed by atoms with Crippen molar-refractivity contribution in [3.05, 3.63) is 0 Å². The summed E-state index contributed by atoms with van der Waals surface area (Å²) in [4.78, 5) is 2.51. The highest BCUT2D eigenvalue weighted by Crippen LogP contribution is 2.12. The summed E-state index contributed by atoms with van der Waals surface area (Å²) in [5.74, 6) is 0. The lowest BCUT2D eigenvalue weighted by Gasteiger charge is -2.21. The number of hydrogen-bond donors (Lipinski definition) is 1. The Labute approximate surface area is 93.2 Å². The summed E-state index contributed by atoms with van der Waals surface area (Å²) in [7, 11) is 0. The summed E-state index contributed by atoms with van der Waals surface area (Å²) in [6.45, 7) is 5.38. The van der Waals surface area contributed by atoms with Gasteiger partial charge in [0.15, 0.2) is 0 Å². The Morgan fingerprint density at radius 2 is 1.87 bits per heavy atom. The van der Waals surface area contributed by atoms with Crippen LogP contribution in [0.3, 0.4) is 0 Å². The highest BCUT2D eigenvalue weighted by atomic mass is 15.1. The van der Waals surface area contributed by atoms with Crippen LogP contribution in [0.5, 0.6) is 0 Å². The Morgan fingerprint density at radius 3 is 2.40 bits per heavy atom. The summed E-state index contributed by atoms with van der Waals surface area (Å²) in [5.41, 5.74) is 5.15. The van der Waals surface area contributed by atoms with E-state index < -0.39 is 5.54 Å². The first-order valence-corrected chi connectivity index (χ1v) is 6.06. The van der Waals surface area contributed by atoms with E-state index in [9.17, 15) is 0 Å². The zero-order valence-electron chi connectivity index (χ0n) is 9.84. The Bertz CT molecular complexity index is 209. The van der Waals surface area contributed by atoms with Gasteiger partial charge in [-0.25, -0.2) is 0 Å². The molecule has 0 aromatic heterocycles. The van der Waals surface area contributed by atoms with Crippen molar-refractivity contribution in [2.75, 3.05) is 19.6 Å². The Balaban J connectivity index is 2.16. The molecule has 86 valence electrons. The molecule has 3 heteroatoms. The summed E-state index contributed by atoms with van der Waals surface area (Å²) in [6, 6.07) is 2.15. The van der Waals surface area contributed by atoms with Gasteiger partial charge in [0.05, 0.1) is 6.07 Å². The lowest BCUT2D eigenvalue weighted by Crippen LogP contribution is -2.35. The third-order valence-electron chi connectivity index (χ3n) is 3.12. The Morgan fingerprint density at radius 1 is 1.27 bits per heavy atom. The number of likely N-dealkylation sites (tertiary alicyclic amines) is 1. The Kier molecular flexibility index (Phi) is 5.07. The number of nitrogens with two attached hydrogens (primary N) is 1. The first-order chi connectivity index (χ1) is 7.14.